The Balaban J connectivity index is 2.20. The Morgan fingerprint density at radius 1 is 1.04 bits per heavy atom. The standard InChI is InChI=1S/C16H10ClN3O3/c17-12-5-3-4-11(10-12)13-8-9-16(21)19(18-13)14-6-1-2-7-15(14)20(22)23/h1-10H. The van der Waals surface area contributed by atoms with E-state index < -0.39 is 10.5 Å². The van der Waals surface area contributed by atoms with Crippen molar-refractivity contribution in [2.45, 2.75) is 0 Å². The highest BCUT2D eigenvalue weighted by Gasteiger charge is 2.16. The van der Waals surface area contributed by atoms with Crippen LogP contribution in [-0.2, 0) is 0 Å². The average molecular weight is 328 g/mol. The molecule has 0 N–H and O–H groups in total. The number of hydrogen-bond donors (Lipinski definition) is 0. The quantitative estimate of drug-likeness (QED) is 0.545. The first kappa shape index (κ1) is 14.9. The number of hydrogen-bond acceptors (Lipinski definition) is 4. The van der Waals surface area contributed by atoms with Gasteiger partial charge < -0.3 is 0 Å². The van der Waals surface area contributed by atoms with Crippen molar-refractivity contribution in [2.75, 3.05) is 0 Å². The van der Waals surface area contributed by atoms with Gasteiger partial charge in [0.25, 0.3) is 11.2 Å². The van der Waals surface area contributed by atoms with Gasteiger partial charge in [-0.25, -0.2) is 0 Å². The van der Waals surface area contributed by atoms with Gasteiger partial charge in [0.1, 0.15) is 5.69 Å². The lowest BCUT2D eigenvalue weighted by Crippen LogP contribution is -2.21. The molecule has 0 unspecified atom stereocenters. The Hall–Kier alpha value is -2.99. The van der Waals surface area contributed by atoms with Crippen LogP contribution in [0.1, 0.15) is 0 Å². The zero-order valence-electron chi connectivity index (χ0n) is 11.7. The molecule has 0 aliphatic carbocycles. The van der Waals surface area contributed by atoms with Crippen molar-refractivity contribution in [3.05, 3.63) is 86.2 Å². The van der Waals surface area contributed by atoms with Crippen molar-refractivity contribution in [1.82, 2.24) is 9.78 Å². The van der Waals surface area contributed by atoms with Crippen molar-refractivity contribution in [3.8, 4) is 16.9 Å². The van der Waals surface area contributed by atoms with E-state index in [9.17, 15) is 14.9 Å². The molecule has 0 aliphatic heterocycles. The molecule has 0 bridgehead atoms. The highest BCUT2D eigenvalue weighted by Crippen LogP contribution is 2.23. The predicted molar refractivity (Wildman–Crippen MR) is 86.9 cm³/mol. The fourth-order valence-corrected chi connectivity index (χ4v) is 2.37. The second kappa shape index (κ2) is 6.02. The van der Waals surface area contributed by atoms with Crippen LogP contribution in [0.25, 0.3) is 16.9 Å². The minimum absolute atomic E-state index is 0.117. The molecule has 23 heavy (non-hydrogen) atoms. The third kappa shape index (κ3) is 2.97. The van der Waals surface area contributed by atoms with Crippen molar-refractivity contribution in [3.63, 3.8) is 0 Å². The lowest BCUT2D eigenvalue weighted by Gasteiger charge is -2.07. The van der Waals surface area contributed by atoms with Crippen LogP contribution >= 0.6 is 11.6 Å². The van der Waals surface area contributed by atoms with E-state index >= 15 is 0 Å². The zero-order chi connectivity index (χ0) is 16.4. The summed E-state index contributed by atoms with van der Waals surface area (Å²) in [7, 11) is 0. The van der Waals surface area contributed by atoms with Gasteiger partial charge in [-0.1, -0.05) is 35.9 Å². The van der Waals surface area contributed by atoms with E-state index in [2.05, 4.69) is 5.10 Å². The maximum atomic E-state index is 12.1. The first-order valence-electron chi connectivity index (χ1n) is 6.66. The van der Waals surface area contributed by atoms with Crippen LogP contribution in [0, 0.1) is 10.1 Å². The molecule has 0 saturated carbocycles. The molecule has 7 heteroatoms. The number of nitrogens with zero attached hydrogens (tertiary/aromatic N) is 3. The summed E-state index contributed by atoms with van der Waals surface area (Å²) in [6.45, 7) is 0. The molecule has 0 amide bonds. The maximum Gasteiger partial charge on any atom is 0.295 e. The fourth-order valence-electron chi connectivity index (χ4n) is 2.18. The normalized spacial score (nSPS) is 10.5. The molecule has 114 valence electrons. The van der Waals surface area contributed by atoms with Crippen molar-refractivity contribution < 1.29 is 4.92 Å². The number of benzene rings is 2. The van der Waals surface area contributed by atoms with Crippen LogP contribution in [0.2, 0.25) is 5.02 Å². The molecule has 0 radical (unpaired) electrons. The van der Waals surface area contributed by atoms with E-state index in [-0.39, 0.29) is 11.4 Å². The summed E-state index contributed by atoms with van der Waals surface area (Å²) in [5.74, 6) is 0. The Morgan fingerprint density at radius 2 is 1.83 bits per heavy atom. The van der Waals surface area contributed by atoms with Crippen LogP contribution in [0.5, 0.6) is 0 Å². The second-order valence-corrected chi connectivity index (χ2v) is 5.16. The highest BCUT2D eigenvalue weighted by atomic mass is 35.5. The third-order valence-corrected chi connectivity index (χ3v) is 3.46. The van der Waals surface area contributed by atoms with Crippen molar-refractivity contribution >= 4 is 17.3 Å². The summed E-state index contributed by atoms with van der Waals surface area (Å²) in [5.41, 5.74) is 0.678. The van der Waals surface area contributed by atoms with Gasteiger partial charge in [0.05, 0.1) is 10.6 Å². The van der Waals surface area contributed by atoms with Crippen molar-refractivity contribution in [1.29, 1.82) is 0 Å². The van der Waals surface area contributed by atoms with Crippen molar-refractivity contribution in [2.24, 2.45) is 0 Å². The van der Waals surface area contributed by atoms with E-state index in [1.165, 1.54) is 24.3 Å². The molecule has 1 aromatic heterocycles. The maximum absolute atomic E-state index is 12.1. The second-order valence-electron chi connectivity index (χ2n) is 4.72. The van der Waals surface area contributed by atoms with Gasteiger partial charge in [-0.15, -0.1) is 0 Å². The molecule has 3 aromatic rings. The molecular weight excluding hydrogens is 318 g/mol. The number of para-hydroxylation sites is 2. The summed E-state index contributed by atoms with van der Waals surface area (Å²) in [5, 5.41) is 15.9. The van der Waals surface area contributed by atoms with E-state index in [0.717, 1.165) is 4.68 Å². The van der Waals surface area contributed by atoms with Gasteiger partial charge in [0, 0.05) is 22.7 Å². The monoisotopic (exact) mass is 327 g/mol. The van der Waals surface area contributed by atoms with Gasteiger partial charge in [-0.2, -0.15) is 9.78 Å². The fraction of sp³-hybridized carbons (Fsp3) is 0. The summed E-state index contributed by atoms with van der Waals surface area (Å²) < 4.78 is 1.02. The number of nitro groups is 1. The molecule has 0 spiro atoms. The molecule has 3 rings (SSSR count). The van der Waals surface area contributed by atoms with Gasteiger partial charge in [0.15, 0.2) is 0 Å². The van der Waals surface area contributed by atoms with Crippen LogP contribution in [-0.4, -0.2) is 14.7 Å². The smallest absolute Gasteiger partial charge is 0.267 e. The molecule has 1 heterocycles. The van der Waals surface area contributed by atoms with Crippen LogP contribution in [0.4, 0.5) is 5.69 Å². The third-order valence-electron chi connectivity index (χ3n) is 3.23. The average Bonchev–Trinajstić information content (AvgIpc) is 2.55. The Kier molecular flexibility index (Phi) is 3.91. The minimum Gasteiger partial charge on any atom is -0.267 e. The zero-order valence-corrected chi connectivity index (χ0v) is 12.5. The van der Waals surface area contributed by atoms with E-state index in [1.54, 1.807) is 36.4 Å². The van der Waals surface area contributed by atoms with E-state index in [4.69, 9.17) is 11.6 Å². The molecular formula is C16H10ClN3O3. The summed E-state index contributed by atoms with van der Waals surface area (Å²) in [6, 6.07) is 15.8. The van der Waals surface area contributed by atoms with Gasteiger partial charge in [-0.3, -0.25) is 14.9 Å². The minimum atomic E-state index is -0.546. The SMILES string of the molecule is O=c1ccc(-c2cccc(Cl)c2)nn1-c1ccccc1[N+](=O)[O-]. The molecule has 6 nitrogen and oxygen atoms in total. The molecule has 0 aliphatic rings. The van der Waals surface area contributed by atoms with Gasteiger partial charge in [-0.05, 0) is 24.3 Å². The number of rotatable bonds is 3. The van der Waals surface area contributed by atoms with Gasteiger partial charge in [0.2, 0.25) is 0 Å². The highest BCUT2D eigenvalue weighted by molar-refractivity contribution is 6.30. The number of nitro benzene ring substituents is 1. The molecule has 2 aromatic carbocycles. The first-order valence-corrected chi connectivity index (χ1v) is 7.04. The summed E-state index contributed by atoms with van der Waals surface area (Å²) in [4.78, 5) is 22.7. The Labute approximate surface area is 135 Å². The van der Waals surface area contributed by atoms with Crippen LogP contribution < -0.4 is 5.56 Å². The summed E-state index contributed by atoms with van der Waals surface area (Å²) >= 11 is 5.96. The largest absolute Gasteiger partial charge is 0.295 e. The predicted octanol–water partition coefficient (Wildman–Crippen LogP) is 3.46. The van der Waals surface area contributed by atoms with E-state index in [1.807, 2.05) is 0 Å². The summed E-state index contributed by atoms with van der Waals surface area (Å²) in [6.07, 6.45) is 0. The van der Waals surface area contributed by atoms with E-state index in [0.29, 0.717) is 16.3 Å². The first-order chi connectivity index (χ1) is 11.1. The molecule has 0 fully saturated rings. The Bertz CT molecular complexity index is 953. The van der Waals surface area contributed by atoms with Crippen LogP contribution in [0.3, 0.4) is 0 Å². The van der Waals surface area contributed by atoms with Gasteiger partial charge >= 0.3 is 0 Å². The number of halogens is 1. The lowest BCUT2D eigenvalue weighted by atomic mass is 10.1. The Morgan fingerprint density at radius 3 is 2.57 bits per heavy atom. The van der Waals surface area contributed by atoms with Crippen LogP contribution in [0.15, 0.2) is 65.5 Å². The molecule has 0 saturated heterocycles. The number of aromatic nitrogens is 2. The molecule has 0 atom stereocenters. The topological polar surface area (TPSA) is 78.0 Å². The lowest BCUT2D eigenvalue weighted by molar-refractivity contribution is -0.384.